The molecule has 16 heteroatoms. The van der Waals surface area contributed by atoms with Crippen LogP contribution in [-0.4, -0.2) is 54.7 Å². The van der Waals surface area contributed by atoms with Crippen molar-refractivity contribution in [3.05, 3.63) is 53.3 Å². The molecule has 2 aromatic carbocycles. The van der Waals surface area contributed by atoms with Gasteiger partial charge in [-0.1, -0.05) is 23.7 Å². The van der Waals surface area contributed by atoms with E-state index in [0.29, 0.717) is 0 Å². The molecule has 35 heavy (non-hydrogen) atoms. The minimum Gasteiger partial charge on any atom is -0.218 e. The predicted octanol–water partition coefficient (Wildman–Crippen LogP) is 2.62. The number of alkyl halides is 3. The van der Waals surface area contributed by atoms with Crippen molar-refractivity contribution in [1.29, 1.82) is 0 Å². The number of nitrogens with one attached hydrogen (secondary N) is 1. The Morgan fingerprint density at radius 2 is 1.51 bits per heavy atom. The quantitative estimate of drug-likeness (QED) is 0.506. The normalized spacial score (nSPS) is 23.3. The van der Waals surface area contributed by atoms with E-state index in [2.05, 4.69) is 0 Å². The molecule has 2 fully saturated rings. The van der Waals surface area contributed by atoms with Gasteiger partial charge in [0.2, 0.25) is 19.9 Å². The van der Waals surface area contributed by atoms with E-state index < -0.39 is 80.2 Å². The Bertz CT molecular complexity index is 1480. The monoisotopic (exact) mass is 576 g/mol. The van der Waals surface area contributed by atoms with Crippen molar-refractivity contribution < 1.29 is 42.8 Å². The highest BCUT2D eigenvalue weighted by Gasteiger charge is 2.59. The average molecular weight is 577 g/mol. The molecule has 2 aromatic rings. The molecule has 1 heterocycles. The fourth-order valence-corrected chi connectivity index (χ4v) is 8.68. The van der Waals surface area contributed by atoms with Crippen LogP contribution in [0.4, 0.5) is 17.6 Å². The third-order valence-corrected chi connectivity index (χ3v) is 11.3. The molecule has 0 spiro atoms. The lowest BCUT2D eigenvalue weighted by molar-refractivity contribution is -0.0448. The van der Waals surface area contributed by atoms with E-state index in [1.54, 1.807) is 0 Å². The fraction of sp³-hybridized carbons (Fsp3) is 0.368. The highest BCUT2D eigenvalue weighted by molar-refractivity contribution is 7.93. The Morgan fingerprint density at radius 3 is 2.09 bits per heavy atom. The lowest BCUT2D eigenvalue weighted by Crippen LogP contribution is -2.39. The number of piperidine rings is 1. The van der Waals surface area contributed by atoms with Crippen LogP contribution in [0.5, 0.6) is 0 Å². The molecule has 4 rings (SSSR count). The molecule has 1 aliphatic heterocycles. The van der Waals surface area contributed by atoms with Gasteiger partial charge in [0.15, 0.2) is 0 Å². The minimum atomic E-state index is -5.52. The summed E-state index contributed by atoms with van der Waals surface area (Å²) in [5.41, 5.74) is -5.46. The van der Waals surface area contributed by atoms with E-state index in [0.717, 1.165) is 28.6 Å². The Morgan fingerprint density at radius 1 is 0.914 bits per heavy atom. The van der Waals surface area contributed by atoms with Crippen LogP contribution in [0, 0.1) is 23.6 Å². The second-order valence-corrected chi connectivity index (χ2v) is 14.1. The molecule has 1 saturated carbocycles. The van der Waals surface area contributed by atoms with E-state index in [1.165, 1.54) is 22.9 Å². The molecule has 192 valence electrons. The molecule has 1 saturated heterocycles. The average Bonchev–Trinajstić information content (AvgIpc) is 3.19. The van der Waals surface area contributed by atoms with Crippen molar-refractivity contribution in [3.63, 3.8) is 0 Å². The van der Waals surface area contributed by atoms with Gasteiger partial charge in [0.1, 0.15) is 15.6 Å². The summed E-state index contributed by atoms with van der Waals surface area (Å²) in [4.78, 5) is -2.08. The van der Waals surface area contributed by atoms with Crippen LogP contribution in [0.1, 0.15) is 0 Å². The zero-order valence-electron chi connectivity index (χ0n) is 17.4. The lowest BCUT2D eigenvalue weighted by atomic mass is 10.3. The first-order valence-corrected chi connectivity index (χ1v) is 14.7. The Kier molecular flexibility index (Phi) is 6.50. The predicted molar refractivity (Wildman–Crippen MR) is 116 cm³/mol. The van der Waals surface area contributed by atoms with E-state index in [-0.39, 0.29) is 18.1 Å². The number of halogens is 5. The van der Waals surface area contributed by atoms with Crippen LogP contribution in [0.3, 0.4) is 0 Å². The maximum absolute atomic E-state index is 14.2. The molecule has 0 radical (unpaired) electrons. The van der Waals surface area contributed by atoms with Gasteiger partial charge in [0.05, 0.1) is 4.90 Å². The van der Waals surface area contributed by atoms with E-state index in [4.69, 9.17) is 11.6 Å². The summed E-state index contributed by atoms with van der Waals surface area (Å²) in [6.07, 6.45) is 0. The zero-order chi connectivity index (χ0) is 26.0. The van der Waals surface area contributed by atoms with Crippen molar-refractivity contribution in [1.82, 2.24) is 9.03 Å². The second kappa shape index (κ2) is 8.66. The summed E-state index contributed by atoms with van der Waals surface area (Å²) < 4.78 is 129. The van der Waals surface area contributed by atoms with Crippen molar-refractivity contribution in [2.75, 3.05) is 19.6 Å². The van der Waals surface area contributed by atoms with Crippen LogP contribution in [-0.2, 0) is 29.9 Å². The standard InChI is InChI=1S/C19H17ClF4N2O6S3/c20-11-5-6-17(18(7-11)33(27,28)16-4-2-1-3-15(16)21)34(29,30)26-9-13-12(14(13)10-26)8-25-35(31,32)19(22,23)24/h1-7,12-14,25H,8-10H2. The number of sulfonamides is 2. The van der Waals surface area contributed by atoms with Gasteiger partial charge in [-0.05, 0) is 48.1 Å². The van der Waals surface area contributed by atoms with Crippen molar-refractivity contribution >= 4 is 41.5 Å². The number of hydrogen-bond acceptors (Lipinski definition) is 6. The first-order valence-electron chi connectivity index (χ1n) is 9.92. The molecule has 0 amide bonds. The summed E-state index contributed by atoms with van der Waals surface area (Å²) >= 11 is 5.91. The Hall–Kier alpha value is -1.78. The van der Waals surface area contributed by atoms with Gasteiger partial charge >= 0.3 is 15.5 Å². The molecule has 0 bridgehead atoms. The lowest BCUT2D eigenvalue weighted by Gasteiger charge is -2.22. The number of hydrogen-bond donors (Lipinski definition) is 1. The summed E-state index contributed by atoms with van der Waals surface area (Å²) in [6.45, 7) is -0.792. The van der Waals surface area contributed by atoms with Gasteiger partial charge in [-0.15, -0.1) is 0 Å². The van der Waals surface area contributed by atoms with Crippen molar-refractivity contribution in [2.45, 2.75) is 20.2 Å². The molecule has 2 atom stereocenters. The number of sulfone groups is 1. The second-order valence-electron chi connectivity index (χ2n) is 8.14. The molecule has 1 aliphatic carbocycles. The molecule has 8 nitrogen and oxygen atoms in total. The summed E-state index contributed by atoms with van der Waals surface area (Å²) in [5, 5.41) is -0.0971. The highest BCUT2D eigenvalue weighted by Crippen LogP contribution is 2.53. The van der Waals surface area contributed by atoms with Crippen molar-refractivity contribution in [2.24, 2.45) is 17.8 Å². The number of fused-ring (bicyclic) bond motifs is 1. The van der Waals surface area contributed by atoms with Crippen LogP contribution in [0.25, 0.3) is 0 Å². The topological polar surface area (TPSA) is 118 Å². The molecule has 2 unspecified atom stereocenters. The number of benzene rings is 2. The molecule has 0 aromatic heterocycles. The maximum atomic E-state index is 14.2. The summed E-state index contributed by atoms with van der Waals surface area (Å²) in [5.74, 6) is -2.38. The maximum Gasteiger partial charge on any atom is 0.511 e. The fourth-order valence-electron chi connectivity index (χ4n) is 4.22. The van der Waals surface area contributed by atoms with E-state index in [1.807, 2.05) is 0 Å². The molecular weight excluding hydrogens is 560 g/mol. The first kappa shape index (κ1) is 26.3. The SMILES string of the molecule is O=S(=O)(c1ccccc1F)c1cc(Cl)ccc1S(=O)(=O)N1CC2C(CNS(=O)(=O)C(F)(F)F)C2C1. The summed E-state index contributed by atoms with van der Waals surface area (Å²) in [6, 6.07) is 7.50. The smallest absolute Gasteiger partial charge is 0.218 e. The van der Waals surface area contributed by atoms with E-state index >= 15 is 0 Å². The Balaban J connectivity index is 1.57. The van der Waals surface area contributed by atoms with Gasteiger partial charge in [-0.3, -0.25) is 0 Å². The van der Waals surface area contributed by atoms with Crippen LogP contribution in [0.2, 0.25) is 5.02 Å². The third-order valence-electron chi connectivity index (χ3n) is 6.09. The third kappa shape index (κ3) is 4.69. The van der Waals surface area contributed by atoms with E-state index in [9.17, 15) is 42.8 Å². The summed E-state index contributed by atoms with van der Waals surface area (Å²) in [7, 11) is -14.6. The number of nitrogens with zero attached hydrogens (tertiary/aromatic N) is 1. The van der Waals surface area contributed by atoms with Crippen LogP contribution >= 0.6 is 11.6 Å². The van der Waals surface area contributed by atoms with Gasteiger partial charge in [0, 0.05) is 24.7 Å². The number of rotatable bonds is 7. The Labute approximate surface area is 203 Å². The zero-order valence-corrected chi connectivity index (χ0v) is 20.6. The van der Waals surface area contributed by atoms with Crippen LogP contribution < -0.4 is 4.72 Å². The van der Waals surface area contributed by atoms with Crippen LogP contribution in [0.15, 0.2) is 57.2 Å². The van der Waals surface area contributed by atoms with Crippen molar-refractivity contribution in [3.8, 4) is 0 Å². The molecule has 1 N–H and O–H groups in total. The first-order chi connectivity index (χ1) is 16.1. The largest absolute Gasteiger partial charge is 0.511 e. The van der Waals surface area contributed by atoms with Gasteiger partial charge in [0.25, 0.3) is 0 Å². The van der Waals surface area contributed by atoms with Gasteiger partial charge in [-0.2, -0.15) is 17.5 Å². The highest BCUT2D eigenvalue weighted by atomic mass is 35.5. The van der Waals surface area contributed by atoms with Gasteiger partial charge in [-0.25, -0.2) is 34.4 Å². The molecular formula is C19H17ClF4N2O6S3. The molecule has 2 aliphatic rings. The van der Waals surface area contributed by atoms with Gasteiger partial charge < -0.3 is 0 Å². The minimum absolute atomic E-state index is 0.0971.